The Morgan fingerprint density at radius 3 is 2.30 bits per heavy atom. The number of hydrogen-bond acceptors (Lipinski definition) is 9. The number of ether oxygens (including phenoxy) is 3. The number of esters is 1. The van der Waals surface area contributed by atoms with Crippen LogP contribution in [0.1, 0.15) is 109 Å². The highest BCUT2D eigenvalue weighted by Crippen LogP contribution is 2.78. The lowest BCUT2D eigenvalue weighted by molar-refractivity contribution is -0.187. The van der Waals surface area contributed by atoms with Gasteiger partial charge >= 0.3 is 5.97 Å². The number of allylic oxidation sites excluding steroid dienone is 4. The van der Waals surface area contributed by atoms with E-state index in [1.807, 2.05) is 32.9 Å². The van der Waals surface area contributed by atoms with Gasteiger partial charge in [0.2, 0.25) is 5.78 Å². The molecule has 0 radical (unpaired) electrons. The van der Waals surface area contributed by atoms with Crippen molar-refractivity contribution >= 4 is 17.7 Å². The fourth-order valence-electron chi connectivity index (χ4n) is 13.8. The predicted molar refractivity (Wildman–Crippen MR) is 207 cm³/mol. The van der Waals surface area contributed by atoms with Crippen molar-refractivity contribution in [2.75, 3.05) is 20.8 Å². The number of carbonyl (C=O) groups excluding carboxylic acids is 3. The molecule has 4 bridgehead atoms. The molecule has 56 heavy (non-hydrogen) atoms. The number of hydrogen-bond donors (Lipinski definition) is 2. The summed E-state index contributed by atoms with van der Waals surface area (Å²) in [5.74, 6) is 0.663. The molecule has 10 atom stereocenters. The van der Waals surface area contributed by atoms with E-state index in [4.69, 9.17) is 18.6 Å². The summed E-state index contributed by atoms with van der Waals surface area (Å²) >= 11 is 0. The van der Waals surface area contributed by atoms with Crippen molar-refractivity contribution in [1.29, 1.82) is 0 Å². The Morgan fingerprint density at radius 1 is 0.911 bits per heavy atom. The highest BCUT2D eigenvalue weighted by Gasteiger charge is 2.78. The second-order valence-electron chi connectivity index (χ2n) is 19.6. The predicted octanol–water partition coefficient (Wildman–Crippen LogP) is 7.22. The van der Waals surface area contributed by atoms with Gasteiger partial charge in [-0.2, -0.15) is 0 Å². The first kappa shape index (κ1) is 37.7. The van der Waals surface area contributed by atoms with Crippen molar-refractivity contribution in [2.45, 2.75) is 116 Å². The summed E-state index contributed by atoms with van der Waals surface area (Å²) in [7, 11) is 3.17. The molecule has 2 spiro atoms. The molecule has 2 N–H and O–H groups in total. The second kappa shape index (κ2) is 11.8. The quantitative estimate of drug-likeness (QED) is 0.154. The van der Waals surface area contributed by atoms with Gasteiger partial charge in [0.25, 0.3) is 5.91 Å². The summed E-state index contributed by atoms with van der Waals surface area (Å²) in [6.07, 6.45) is 13.5. The lowest BCUT2D eigenvalue weighted by Crippen LogP contribution is -2.67. The zero-order chi connectivity index (χ0) is 39.9. The van der Waals surface area contributed by atoms with Crippen molar-refractivity contribution in [3.05, 3.63) is 71.7 Å². The molecule has 8 aliphatic rings. The molecular weight excluding hydrogens is 711 g/mol. The maximum absolute atomic E-state index is 15.4. The minimum absolute atomic E-state index is 0.0170. The lowest BCUT2D eigenvalue weighted by Gasteiger charge is -2.71. The molecule has 1 aliphatic heterocycles. The van der Waals surface area contributed by atoms with Crippen LogP contribution in [-0.4, -0.2) is 70.8 Å². The van der Waals surface area contributed by atoms with Crippen LogP contribution in [0.4, 0.5) is 0 Å². The Morgan fingerprint density at radius 2 is 1.64 bits per heavy atom. The van der Waals surface area contributed by atoms with Crippen LogP contribution in [0, 0.1) is 44.3 Å². The number of Topliss-reactive ketones (excluding diaryl/α,β-unsaturated/α-hetero) is 1. The Balaban J connectivity index is 1.14. The number of aliphatic hydroxyl groups excluding tert-OH is 1. The van der Waals surface area contributed by atoms with Crippen LogP contribution in [0.15, 0.2) is 64.8 Å². The minimum atomic E-state index is -1.38. The number of aliphatic hydroxyl groups is 2. The van der Waals surface area contributed by atoms with Gasteiger partial charge in [-0.05, 0) is 106 Å². The molecule has 2 aromatic rings. The Labute approximate surface area is 329 Å². The average molecular weight is 768 g/mol. The van der Waals surface area contributed by atoms with Gasteiger partial charge in [0, 0.05) is 45.4 Å². The van der Waals surface area contributed by atoms with Crippen LogP contribution in [0.2, 0.25) is 0 Å². The van der Waals surface area contributed by atoms with E-state index in [1.54, 1.807) is 37.3 Å². The topological polar surface area (TPSA) is 136 Å². The maximum atomic E-state index is 15.4. The number of rotatable bonds is 9. The van der Waals surface area contributed by atoms with Crippen molar-refractivity contribution in [1.82, 2.24) is 4.90 Å². The molecule has 1 saturated heterocycles. The highest BCUT2D eigenvalue weighted by atomic mass is 16.6. The fraction of sp³-hybridized carbons (Fsp3) is 0.630. The molecule has 2 heterocycles. The summed E-state index contributed by atoms with van der Waals surface area (Å²) in [5, 5.41) is 24.5. The molecule has 7 aliphatic carbocycles. The summed E-state index contributed by atoms with van der Waals surface area (Å²) in [6, 6.07) is 8.97. The molecule has 4 saturated carbocycles. The first-order valence-corrected chi connectivity index (χ1v) is 20.6. The summed E-state index contributed by atoms with van der Waals surface area (Å²) in [5.41, 5.74) is -4.88. The molecule has 10 heteroatoms. The fourth-order valence-corrected chi connectivity index (χ4v) is 13.8. The third kappa shape index (κ3) is 4.38. The van der Waals surface area contributed by atoms with Crippen LogP contribution in [0.5, 0.6) is 11.5 Å². The summed E-state index contributed by atoms with van der Waals surface area (Å²) in [6.45, 7) is 10.5. The number of benzene rings is 1. The molecular formula is C46H57NO9. The van der Waals surface area contributed by atoms with E-state index < -0.39 is 44.4 Å². The van der Waals surface area contributed by atoms with Crippen molar-refractivity contribution < 1.29 is 43.2 Å². The number of nitrogens with zero attached hydrogens (tertiary/aromatic N) is 1. The number of carbonyl (C=O) groups is 3. The van der Waals surface area contributed by atoms with E-state index in [1.165, 1.54) is 6.26 Å². The number of methoxy groups -OCH3 is 2. The van der Waals surface area contributed by atoms with Gasteiger partial charge in [0.15, 0.2) is 11.4 Å². The third-order valence-electron chi connectivity index (χ3n) is 17.7. The number of furan rings is 1. The van der Waals surface area contributed by atoms with Gasteiger partial charge in [0.1, 0.15) is 11.5 Å². The van der Waals surface area contributed by atoms with Crippen LogP contribution >= 0.6 is 0 Å². The number of ketones is 1. The Hall–Kier alpha value is -3.89. The van der Waals surface area contributed by atoms with Crippen LogP contribution in [0.25, 0.3) is 0 Å². The Kier molecular flexibility index (Phi) is 7.97. The van der Waals surface area contributed by atoms with E-state index in [0.717, 1.165) is 18.4 Å². The van der Waals surface area contributed by atoms with Gasteiger partial charge in [0.05, 0.1) is 44.1 Å². The molecule has 10 rings (SSSR count). The summed E-state index contributed by atoms with van der Waals surface area (Å²) in [4.78, 5) is 45.3. The van der Waals surface area contributed by atoms with E-state index in [-0.39, 0.29) is 48.0 Å². The second-order valence-corrected chi connectivity index (χ2v) is 19.6. The highest BCUT2D eigenvalue weighted by molar-refractivity contribution is 6.09. The lowest BCUT2D eigenvalue weighted by atomic mass is 9.32. The van der Waals surface area contributed by atoms with Crippen LogP contribution in [0.3, 0.4) is 0 Å². The van der Waals surface area contributed by atoms with Crippen molar-refractivity contribution in [3.8, 4) is 11.5 Å². The van der Waals surface area contributed by atoms with Crippen molar-refractivity contribution in [3.63, 3.8) is 0 Å². The third-order valence-corrected chi connectivity index (χ3v) is 17.7. The van der Waals surface area contributed by atoms with E-state index in [9.17, 15) is 19.8 Å². The van der Waals surface area contributed by atoms with Crippen molar-refractivity contribution in [2.24, 2.45) is 44.3 Å². The molecule has 300 valence electrons. The Bertz CT molecular complexity index is 2070. The molecule has 5 fully saturated rings. The average Bonchev–Trinajstić information content (AvgIpc) is 3.89. The first-order valence-electron chi connectivity index (χ1n) is 20.6. The minimum Gasteiger partial charge on any atom is -0.497 e. The van der Waals surface area contributed by atoms with Gasteiger partial charge in [-0.25, -0.2) is 0 Å². The van der Waals surface area contributed by atoms with E-state index in [0.29, 0.717) is 67.8 Å². The van der Waals surface area contributed by atoms with E-state index >= 15 is 4.79 Å². The zero-order valence-electron chi connectivity index (χ0n) is 33.9. The molecule has 10 nitrogen and oxygen atoms in total. The molecule has 1 amide bonds. The molecule has 1 unspecified atom stereocenters. The van der Waals surface area contributed by atoms with Gasteiger partial charge in [-0.15, -0.1) is 0 Å². The first-order chi connectivity index (χ1) is 26.4. The summed E-state index contributed by atoms with van der Waals surface area (Å²) < 4.78 is 23.2. The van der Waals surface area contributed by atoms with E-state index in [2.05, 4.69) is 32.1 Å². The smallest absolute Gasteiger partial charge is 0.313 e. The van der Waals surface area contributed by atoms with Gasteiger partial charge in [-0.3, -0.25) is 14.4 Å². The molecule has 1 aromatic carbocycles. The number of amides is 1. The maximum Gasteiger partial charge on any atom is 0.313 e. The van der Waals surface area contributed by atoms with Crippen LogP contribution in [-0.2, 0) is 20.9 Å². The SMILES string of the molecule is COc1ccc(CN(C[C@]2(O)CC[C@H]3[C@]45C=C[C@@]6(C=C4C(=O)c4ccco4)CC(O)CC[C@]6(C)[C@H]5CC[C@@]32C)C(=O)[C@@]23CC[C@@](C)(C(=O)O2)C3(C)C)c(OC)c1. The van der Waals surface area contributed by atoms with Gasteiger partial charge < -0.3 is 33.7 Å². The largest absolute Gasteiger partial charge is 0.497 e. The zero-order valence-corrected chi connectivity index (χ0v) is 33.9. The standard InChI is InChI=1S/C46H57NO9/c1-39(2)42(5)18-21-46(39,56-38(42)51)37(50)47(26-28-10-11-30(53-6)23-33(28)54-7)27-44(52)17-14-35-41(44,4)16-13-34-40(3)15-12-29(48)24-43(40)19-20-45(34,35)31(25-43)36(49)32-9-8-22-55-32/h8-11,19-20,22-23,25,29,34-35,48,52H,12-18,21,24,26-27H2,1-7H3/t29?,34-,35-,40-,41+,42+,43+,44-,45-,46-/m1/s1. The van der Waals surface area contributed by atoms with Gasteiger partial charge in [-0.1, -0.05) is 45.9 Å². The number of fused-ring (bicyclic) bond motifs is 3. The normalized spacial score (nSPS) is 42.3. The molecule has 1 aromatic heterocycles. The van der Waals surface area contributed by atoms with Crippen LogP contribution < -0.4 is 9.47 Å². The monoisotopic (exact) mass is 767 g/mol.